The number of halogens is 3. The average molecular weight is 446 g/mol. The molecule has 0 saturated heterocycles. The molecule has 0 radical (unpaired) electrons. The topological polar surface area (TPSA) is 123 Å². The number of thiazole rings is 1. The van der Waals surface area contributed by atoms with E-state index in [1.807, 2.05) is 0 Å². The maximum atomic E-state index is 12.7. The monoisotopic (exact) mass is 446 g/mol. The Kier molecular flexibility index (Phi) is 7.32. The summed E-state index contributed by atoms with van der Waals surface area (Å²) in [7, 11) is 0. The number of ether oxygens (including phenoxy) is 1. The first kappa shape index (κ1) is 23.1. The molecule has 1 heterocycles. The zero-order valence-electron chi connectivity index (χ0n) is 15.8. The van der Waals surface area contributed by atoms with E-state index in [0.717, 1.165) is 17.4 Å². The van der Waals surface area contributed by atoms with Gasteiger partial charge >= 0.3 is 12.1 Å². The van der Waals surface area contributed by atoms with Gasteiger partial charge < -0.3 is 15.4 Å². The minimum absolute atomic E-state index is 0.0763. The lowest BCUT2D eigenvalue weighted by molar-refractivity contribution is -0.384. The van der Waals surface area contributed by atoms with Crippen LogP contribution in [0.25, 0.3) is 0 Å². The first-order valence-corrected chi connectivity index (χ1v) is 9.38. The Balaban J connectivity index is 1.97. The molecule has 30 heavy (non-hydrogen) atoms. The third kappa shape index (κ3) is 5.89. The summed E-state index contributed by atoms with van der Waals surface area (Å²) >= 11 is 0.942. The third-order valence-corrected chi connectivity index (χ3v) is 4.75. The van der Waals surface area contributed by atoms with Crippen LogP contribution >= 0.6 is 11.3 Å². The van der Waals surface area contributed by atoms with E-state index in [1.54, 1.807) is 13.8 Å². The van der Waals surface area contributed by atoms with Crippen molar-refractivity contribution in [1.29, 1.82) is 0 Å². The summed E-state index contributed by atoms with van der Waals surface area (Å²) in [5, 5.41) is 16.3. The van der Waals surface area contributed by atoms with Crippen molar-refractivity contribution in [3.8, 4) is 0 Å². The minimum atomic E-state index is -4.71. The molecule has 0 spiro atoms. The molecule has 2 aromatic rings. The van der Waals surface area contributed by atoms with Crippen LogP contribution < -0.4 is 10.6 Å². The average Bonchev–Trinajstić information content (AvgIpc) is 3.01. The van der Waals surface area contributed by atoms with Crippen LogP contribution in [0.4, 0.5) is 29.7 Å². The van der Waals surface area contributed by atoms with Crippen LogP contribution in [0, 0.1) is 17.0 Å². The fraction of sp³-hybridized carbons (Fsp3) is 0.353. The standard InChI is InChI=1S/C17H17F3N4O5S/c1-3-29-15(26)14-9(2)22-16(30-14)23-13(25)6-7-21-11-5-4-10(17(18,19)20)8-12(11)24(27)28/h4-5,8,21H,3,6-7H2,1-2H3,(H,22,23,25). The fourth-order valence-corrected chi connectivity index (χ4v) is 3.21. The van der Waals surface area contributed by atoms with Crippen molar-refractivity contribution >= 4 is 39.7 Å². The zero-order chi connectivity index (χ0) is 22.5. The third-order valence-electron chi connectivity index (χ3n) is 3.69. The molecule has 0 fully saturated rings. The van der Waals surface area contributed by atoms with E-state index in [9.17, 15) is 32.9 Å². The molecule has 1 aromatic carbocycles. The first-order chi connectivity index (χ1) is 14.0. The number of aryl methyl sites for hydroxylation is 1. The second-order valence-electron chi connectivity index (χ2n) is 5.87. The number of amides is 1. The summed E-state index contributed by atoms with van der Waals surface area (Å²) in [6.07, 6.45) is -4.86. The molecule has 162 valence electrons. The molecular weight excluding hydrogens is 429 g/mol. The smallest absolute Gasteiger partial charge is 0.416 e. The summed E-state index contributed by atoms with van der Waals surface area (Å²) in [4.78, 5) is 38.2. The van der Waals surface area contributed by atoms with Gasteiger partial charge in [-0.05, 0) is 26.0 Å². The van der Waals surface area contributed by atoms with Crippen LogP contribution in [0.3, 0.4) is 0 Å². The molecular formula is C17H17F3N4O5S. The van der Waals surface area contributed by atoms with E-state index in [0.29, 0.717) is 17.8 Å². The van der Waals surface area contributed by atoms with E-state index in [4.69, 9.17) is 4.74 Å². The molecule has 0 unspecified atom stereocenters. The van der Waals surface area contributed by atoms with Crippen molar-refractivity contribution in [2.45, 2.75) is 26.4 Å². The number of esters is 1. The number of nitro groups is 1. The van der Waals surface area contributed by atoms with Crippen molar-refractivity contribution in [1.82, 2.24) is 4.98 Å². The second kappa shape index (κ2) is 9.52. The van der Waals surface area contributed by atoms with Crippen molar-refractivity contribution in [3.05, 3.63) is 44.4 Å². The molecule has 9 nitrogen and oxygen atoms in total. The quantitative estimate of drug-likeness (QED) is 0.357. The Morgan fingerprint density at radius 2 is 2.03 bits per heavy atom. The molecule has 0 aliphatic carbocycles. The Hall–Kier alpha value is -3.22. The highest BCUT2D eigenvalue weighted by Gasteiger charge is 2.33. The summed E-state index contributed by atoms with van der Waals surface area (Å²) in [5.41, 5.74) is -1.64. The number of hydrogen-bond acceptors (Lipinski definition) is 8. The highest BCUT2D eigenvalue weighted by atomic mass is 32.1. The van der Waals surface area contributed by atoms with Crippen LogP contribution in [0.2, 0.25) is 0 Å². The van der Waals surface area contributed by atoms with Crippen molar-refractivity contribution in [2.75, 3.05) is 23.8 Å². The van der Waals surface area contributed by atoms with Gasteiger partial charge in [-0.15, -0.1) is 0 Å². The molecule has 0 aliphatic heterocycles. The first-order valence-electron chi connectivity index (χ1n) is 8.56. The molecule has 2 rings (SSSR count). The number of aromatic nitrogens is 1. The van der Waals surface area contributed by atoms with Gasteiger partial charge in [-0.3, -0.25) is 14.9 Å². The van der Waals surface area contributed by atoms with Gasteiger partial charge in [-0.2, -0.15) is 13.2 Å². The number of anilines is 2. The SMILES string of the molecule is CCOC(=O)c1sc(NC(=O)CCNc2ccc(C(F)(F)F)cc2[N+](=O)[O-])nc1C. The number of nitrogens with zero attached hydrogens (tertiary/aromatic N) is 2. The molecule has 0 atom stereocenters. The zero-order valence-corrected chi connectivity index (χ0v) is 16.6. The van der Waals surface area contributed by atoms with Crippen molar-refractivity contribution < 1.29 is 32.4 Å². The highest BCUT2D eigenvalue weighted by molar-refractivity contribution is 7.17. The Morgan fingerprint density at radius 1 is 1.33 bits per heavy atom. The number of carbonyl (C=O) groups is 2. The number of alkyl halides is 3. The van der Waals surface area contributed by atoms with Crippen LogP contribution in [0.5, 0.6) is 0 Å². The highest BCUT2D eigenvalue weighted by Crippen LogP contribution is 2.35. The molecule has 0 bridgehead atoms. The largest absolute Gasteiger partial charge is 0.462 e. The Labute approximate surface area is 172 Å². The second-order valence-corrected chi connectivity index (χ2v) is 6.86. The van der Waals surface area contributed by atoms with Crippen molar-refractivity contribution in [3.63, 3.8) is 0 Å². The predicted octanol–water partition coefficient (Wildman–Crippen LogP) is 4.00. The Bertz CT molecular complexity index is 961. The van der Waals surface area contributed by atoms with E-state index in [-0.39, 0.29) is 35.3 Å². The van der Waals surface area contributed by atoms with Crippen LogP contribution in [0.15, 0.2) is 18.2 Å². The van der Waals surface area contributed by atoms with E-state index in [1.165, 1.54) is 0 Å². The molecule has 0 saturated carbocycles. The van der Waals surface area contributed by atoms with Gasteiger partial charge in [0.05, 0.1) is 22.8 Å². The van der Waals surface area contributed by atoms with E-state index in [2.05, 4.69) is 15.6 Å². The van der Waals surface area contributed by atoms with Gasteiger partial charge in [0.15, 0.2) is 5.13 Å². The number of rotatable bonds is 8. The maximum absolute atomic E-state index is 12.7. The minimum Gasteiger partial charge on any atom is -0.462 e. The number of nitro benzene ring substituents is 1. The van der Waals surface area contributed by atoms with Crippen LogP contribution in [-0.4, -0.2) is 34.9 Å². The fourth-order valence-electron chi connectivity index (χ4n) is 2.34. The number of carbonyl (C=O) groups excluding carboxylic acids is 2. The molecule has 1 aromatic heterocycles. The van der Waals surface area contributed by atoms with Gasteiger partial charge in [0.2, 0.25) is 5.91 Å². The molecule has 13 heteroatoms. The number of nitrogens with one attached hydrogen (secondary N) is 2. The molecule has 1 amide bonds. The van der Waals surface area contributed by atoms with E-state index >= 15 is 0 Å². The van der Waals surface area contributed by atoms with Gasteiger partial charge in [-0.25, -0.2) is 9.78 Å². The molecule has 2 N–H and O–H groups in total. The summed E-state index contributed by atoms with van der Waals surface area (Å²) < 4.78 is 43.0. The number of benzene rings is 1. The lowest BCUT2D eigenvalue weighted by Crippen LogP contribution is -2.16. The van der Waals surface area contributed by atoms with E-state index < -0.39 is 34.2 Å². The number of hydrogen-bond donors (Lipinski definition) is 2. The van der Waals surface area contributed by atoms with Gasteiger partial charge in [0.25, 0.3) is 5.69 Å². The summed E-state index contributed by atoms with van der Waals surface area (Å²) in [6.45, 7) is 3.36. The van der Waals surface area contributed by atoms with Crippen molar-refractivity contribution in [2.24, 2.45) is 0 Å². The van der Waals surface area contributed by atoms with Gasteiger partial charge in [-0.1, -0.05) is 11.3 Å². The van der Waals surface area contributed by atoms with Crippen LogP contribution in [-0.2, 0) is 15.7 Å². The lowest BCUT2D eigenvalue weighted by Gasteiger charge is -2.10. The van der Waals surface area contributed by atoms with Gasteiger partial charge in [0, 0.05) is 19.0 Å². The van der Waals surface area contributed by atoms with Crippen LogP contribution in [0.1, 0.15) is 34.3 Å². The van der Waals surface area contributed by atoms with Gasteiger partial charge in [0.1, 0.15) is 10.6 Å². The summed E-state index contributed by atoms with van der Waals surface area (Å²) in [5.74, 6) is -1.05. The Morgan fingerprint density at radius 3 is 2.63 bits per heavy atom. The predicted molar refractivity (Wildman–Crippen MR) is 103 cm³/mol. The lowest BCUT2D eigenvalue weighted by atomic mass is 10.1. The molecule has 0 aliphatic rings. The maximum Gasteiger partial charge on any atom is 0.416 e. The summed E-state index contributed by atoms with van der Waals surface area (Å²) in [6, 6.07) is 2.08. The normalized spacial score (nSPS) is 11.1.